The fourth-order valence-corrected chi connectivity index (χ4v) is 4.79. The Labute approximate surface area is 277 Å². The Morgan fingerprint density at radius 1 is 0.479 bits per heavy atom. The first-order chi connectivity index (χ1) is 23.3. The first kappa shape index (κ1) is 33.6. The van der Waals surface area contributed by atoms with Crippen molar-refractivity contribution in [1.29, 1.82) is 0 Å². The molecule has 0 heterocycles. The number of aromatic hydroxyl groups is 2. The van der Waals surface area contributed by atoms with Crippen molar-refractivity contribution in [2.45, 2.75) is 26.0 Å². The molecule has 244 valence electrons. The second-order valence-corrected chi connectivity index (χ2v) is 10.7. The summed E-state index contributed by atoms with van der Waals surface area (Å²) in [7, 11) is 0. The summed E-state index contributed by atoms with van der Waals surface area (Å²) in [6.07, 6.45) is -4.86. The average molecular weight is 651 g/mol. The van der Waals surface area contributed by atoms with Crippen molar-refractivity contribution in [2.75, 3.05) is 0 Å². The summed E-state index contributed by atoms with van der Waals surface area (Å²) >= 11 is 0. The van der Waals surface area contributed by atoms with Gasteiger partial charge in [0, 0.05) is 5.56 Å². The molecular formula is C40H33F3O5. The van der Waals surface area contributed by atoms with Crippen LogP contribution >= 0.6 is 0 Å². The monoisotopic (exact) mass is 650 g/mol. The summed E-state index contributed by atoms with van der Waals surface area (Å²) in [4.78, 5) is 0. The highest BCUT2D eigenvalue weighted by Crippen LogP contribution is 2.47. The lowest BCUT2D eigenvalue weighted by atomic mass is 9.97. The van der Waals surface area contributed by atoms with E-state index in [2.05, 4.69) is 24.3 Å². The first-order valence-corrected chi connectivity index (χ1v) is 15.1. The highest BCUT2D eigenvalue weighted by atomic mass is 19.4. The van der Waals surface area contributed by atoms with E-state index in [1.807, 2.05) is 66.7 Å². The predicted octanol–water partition coefficient (Wildman–Crippen LogP) is 10.6. The molecule has 0 fully saturated rings. The number of hydrogen-bond donors (Lipinski definition) is 2. The Morgan fingerprint density at radius 2 is 0.979 bits per heavy atom. The second kappa shape index (κ2) is 16.2. The standard InChI is InChI=1S/C26H19F3O4.C14H14O/c27-26(28,29)25-23(31)14-13-22(30)24(25)18-7-4-8-21(15-18)33-20-11-9-19(10-12-20)32-16-17-5-2-1-3-6-17;1-3-7-13(8-4-1)11-15-12-14-9-5-2-6-10-14/h1-15,30-31H,16H2;1-10H,11-12H2. The molecule has 6 rings (SSSR count). The highest BCUT2D eigenvalue weighted by Gasteiger charge is 2.38. The van der Waals surface area contributed by atoms with E-state index in [9.17, 15) is 23.4 Å². The second-order valence-electron chi connectivity index (χ2n) is 10.7. The van der Waals surface area contributed by atoms with Gasteiger partial charge in [-0.05, 0) is 70.8 Å². The SMILES string of the molecule is Oc1ccc(O)c(C(F)(F)F)c1-c1cccc(Oc2ccc(OCc3ccccc3)cc2)c1.c1ccc(COCc2ccccc2)cc1. The van der Waals surface area contributed by atoms with Crippen LogP contribution in [0.2, 0.25) is 0 Å². The van der Waals surface area contributed by atoms with E-state index < -0.39 is 28.8 Å². The number of halogens is 3. The van der Waals surface area contributed by atoms with Gasteiger partial charge in [0.2, 0.25) is 0 Å². The van der Waals surface area contributed by atoms with Crippen LogP contribution in [0.5, 0.6) is 28.7 Å². The lowest BCUT2D eigenvalue weighted by Crippen LogP contribution is -2.08. The van der Waals surface area contributed by atoms with Crippen molar-refractivity contribution >= 4 is 0 Å². The van der Waals surface area contributed by atoms with E-state index in [0.29, 0.717) is 31.3 Å². The maximum atomic E-state index is 13.5. The zero-order chi connectivity index (χ0) is 33.8. The van der Waals surface area contributed by atoms with Gasteiger partial charge in [-0.15, -0.1) is 0 Å². The van der Waals surface area contributed by atoms with Gasteiger partial charge in [-0.2, -0.15) is 13.2 Å². The van der Waals surface area contributed by atoms with Crippen LogP contribution in [0.3, 0.4) is 0 Å². The van der Waals surface area contributed by atoms with Gasteiger partial charge in [0.1, 0.15) is 40.9 Å². The summed E-state index contributed by atoms with van der Waals surface area (Å²) in [5.74, 6) is -0.207. The van der Waals surface area contributed by atoms with E-state index in [1.165, 1.54) is 29.3 Å². The molecule has 6 aromatic carbocycles. The van der Waals surface area contributed by atoms with Crippen LogP contribution in [-0.2, 0) is 30.7 Å². The van der Waals surface area contributed by atoms with Crippen LogP contribution in [0.15, 0.2) is 152 Å². The molecule has 48 heavy (non-hydrogen) atoms. The molecule has 6 aromatic rings. The van der Waals surface area contributed by atoms with E-state index >= 15 is 0 Å². The van der Waals surface area contributed by atoms with E-state index in [-0.39, 0.29) is 11.3 Å². The van der Waals surface area contributed by atoms with Crippen LogP contribution in [-0.4, -0.2) is 10.2 Å². The number of alkyl halides is 3. The third kappa shape index (κ3) is 9.64. The molecule has 0 unspecified atom stereocenters. The number of hydrogen-bond acceptors (Lipinski definition) is 5. The summed E-state index contributed by atoms with van der Waals surface area (Å²) in [6.45, 7) is 1.77. The van der Waals surface area contributed by atoms with Crippen LogP contribution in [0.1, 0.15) is 22.3 Å². The lowest BCUT2D eigenvalue weighted by molar-refractivity contribution is -0.138. The molecule has 0 aliphatic heterocycles. The van der Waals surface area contributed by atoms with Gasteiger partial charge >= 0.3 is 6.18 Å². The highest BCUT2D eigenvalue weighted by molar-refractivity contribution is 5.77. The molecule has 0 spiro atoms. The molecule has 0 saturated heterocycles. The molecular weight excluding hydrogens is 617 g/mol. The third-order valence-electron chi connectivity index (χ3n) is 7.10. The molecule has 0 amide bonds. The van der Waals surface area contributed by atoms with Crippen molar-refractivity contribution in [1.82, 2.24) is 0 Å². The van der Waals surface area contributed by atoms with Gasteiger partial charge in [0.15, 0.2) is 0 Å². The Bertz CT molecular complexity index is 1820. The molecule has 2 N–H and O–H groups in total. The van der Waals surface area contributed by atoms with Gasteiger partial charge in [0.05, 0.1) is 13.2 Å². The Morgan fingerprint density at radius 3 is 1.52 bits per heavy atom. The number of phenolic OH excluding ortho intramolecular Hbond substituents is 2. The molecule has 5 nitrogen and oxygen atoms in total. The molecule has 0 aromatic heterocycles. The van der Waals surface area contributed by atoms with Crippen molar-refractivity contribution in [2.24, 2.45) is 0 Å². The Balaban J connectivity index is 0.000000250. The molecule has 0 atom stereocenters. The minimum atomic E-state index is -4.86. The average Bonchev–Trinajstić information content (AvgIpc) is 3.10. The summed E-state index contributed by atoms with van der Waals surface area (Å²) < 4.78 is 57.7. The fourth-order valence-electron chi connectivity index (χ4n) is 4.79. The maximum Gasteiger partial charge on any atom is 0.420 e. The normalized spacial score (nSPS) is 10.9. The predicted molar refractivity (Wildman–Crippen MR) is 179 cm³/mol. The largest absolute Gasteiger partial charge is 0.507 e. The zero-order valence-electron chi connectivity index (χ0n) is 25.8. The van der Waals surface area contributed by atoms with E-state index in [1.54, 1.807) is 30.3 Å². The Hall–Kier alpha value is -5.73. The zero-order valence-corrected chi connectivity index (χ0v) is 25.8. The minimum Gasteiger partial charge on any atom is -0.507 e. The summed E-state index contributed by atoms with van der Waals surface area (Å²) in [5, 5.41) is 19.9. The maximum absolute atomic E-state index is 13.5. The third-order valence-corrected chi connectivity index (χ3v) is 7.10. The molecule has 0 aliphatic carbocycles. The van der Waals surface area contributed by atoms with Crippen molar-refractivity contribution in [3.63, 3.8) is 0 Å². The van der Waals surface area contributed by atoms with E-state index in [0.717, 1.165) is 17.7 Å². The van der Waals surface area contributed by atoms with Gasteiger partial charge in [-0.1, -0.05) is 103 Å². The number of benzene rings is 6. The quantitative estimate of drug-likeness (QED) is 0.144. The van der Waals surface area contributed by atoms with Crippen molar-refractivity contribution < 1.29 is 37.6 Å². The van der Waals surface area contributed by atoms with Crippen molar-refractivity contribution in [3.05, 3.63) is 174 Å². The topological polar surface area (TPSA) is 68.2 Å². The lowest BCUT2D eigenvalue weighted by Gasteiger charge is -2.16. The van der Waals surface area contributed by atoms with E-state index in [4.69, 9.17) is 14.2 Å². The summed E-state index contributed by atoms with van der Waals surface area (Å²) in [5.41, 5.74) is 1.69. The molecule has 0 aliphatic rings. The van der Waals surface area contributed by atoms with Crippen molar-refractivity contribution in [3.8, 4) is 39.9 Å². The van der Waals surface area contributed by atoms with Crippen LogP contribution in [0.25, 0.3) is 11.1 Å². The minimum absolute atomic E-state index is 0.0519. The smallest absolute Gasteiger partial charge is 0.420 e. The van der Waals surface area contributed by atoms with Crippen LogP contribution in [0, 0.1) is 0 Å². The Kier molecular flexibility index (Phi) is 11.4. The molecule has 8 heteroatoms. The molecule has 0 bridgehead atoms. The number of rotatable bonds is 10. The molecule has 0 radical (unpaired) electrons. The van der Waals surface area contributed by atoms with Gasteiger partial charge < -0.3 is 24.4 Å². The number of phenols is 2. The first-order valence-electron chi connectivity index (χ1n) is 15.1. The van der Waals surface area contributed by atoms with Gasteiger partial charge in [-0.25, -0.2) is 0 Å². The van der Waals surface area contributed by atoms with Gasteiger partial charge in [0.25, 0.3) is 0 Å². The molecule has 0 saturated carbocycles. The summed E-state index contributed by atoms with van der Waals surface area (Å²) in [6, 6.07) is 44.6. The van der Waals surface area contributed by atoms with Crippen LogP contribution in [0.4, 0.5) is 13.2 Å². The number of ether oxygens (including phenoxy) is 3. The van der Waals surface area contributed by atoms with Gasteiger partial charge in [-0.3, -0.25) is 0 Å². The van der Waals surface area contributed by atoms with Crippen LogP contribution < -0.4 is 9.47 Å². The fraction of sp³-hybridized carbons (Fsp3) is 0.100.